The molecule has 3 heteroatoms. The van der Waals surface area contributed by atoms with Gasteiger partial charge in [0.2, 0.25) is 0 Å². The molecule has 0 unspecified atom stereocenters. The van der Waals surface area contributed by atoms with Crippen LogP contribution >= 0.6 is 7.92 Å². The number of phenolic OH excluding ortho intramolecular Hbond substituents is 2. The van der Waals surface area contributed by atoms with E-state index in [2.05, 4.69) is 45.0 Å². The molecule has 2 aromatic carbocycles. The molecule has 0 fully saturated rings. The molecule has 2 rings (SSSR count). The molecule has 0 atom stereocenters. The molecule has 0 aliphatic heterocycles. The van der Waals surface area contributed by atoms with Gasteiger partial charge in [-0.2, -0.15) is 0 Å². The van der Waals surface area contributed by atoms with Crippen molar-refractivity contribution in [3.05, 3.63) is 46.5 Å². The number of aryl methyl sites for hydroxylation is 4. The van der Waals surface area contributed by atoms with Gasteiger partial charge in [0.15, 0.2) is 0 Å². The first-order valence-corrected chi connectivity index (χ1v) is 11.9. The minimum Gasteiger partial charge on any atom is -0.507 e. The van der Waals surface area contributed by atoms with Crippen LogP contribution in [0.1, 0.15) is 68.7 Å². The molecule has 148 valence electrons. The summed E-state index contributed by atoms with van der Waals surface area (Å²) in [5.74, 6) is 0.804. The summed E-state index contributed by atoms with van der Waals surface area (Å²) < 4.78 is 0. The smallest absolute Gasteiger partial charge is 0.126 e. The van der Waals surface area contributed by atoms with Gasteiger partial charge in [-0.15, -0.1) is 0 Å². The standard InChI is InChI=1S/C24H35O2P/c1-6-9-11-19-13-17(4)23(25)21(15-19)27(8-3)22-16-20(12-10-7-2)14-18(5)24(22)26/h13-16,25-26H,6-12H2,1-5H3. The second-order valence-electron chi connectivity index (χ2n) is 7.51. The molecule has 0 heterocycles. The molecule has 27 heavy (non-hydrogen) atoms. The van der Waals surface area contributed by atoms with Crippen LogP contribution in [0.3, 0.4) is 0 Å². The van der Waals surface area contributed by atoms with Crippen LogP contribution in [-0.4, -0.2) is 16.4 Å². The highest BCUT2D eigenvalue weighted by molar-refractivity contribution is 7.73. The third kappa shape index (κ3) is 5.26. The van der Waals surface area contributed by atoms with Crippen LogP contribution in [0.5, 0.6) is 11.5 Å². The molecule has 0 radical (unpaired) electrons. The highest BCUT2D eigenvalue weighted by atomic mass is 31.1. The van der Waals surface area contributed by atoms with Crippen molar-refractivity contribution >= 4 is 18.5 Å². The quantitative estimate of drug-likeness (QED) is 0.531. The van der Waals surface area contributed by atoms with Crippen LogP contribution in [0.25, 0.3) is 0 Å². The molecule has 0 spiro atoms. The summed E-state index contributed by atoms with van der Waals surface area (Å²) in [6, 6.07) is 8.59. The van der Waals surface area contributed by atoms with Gasteiger partial charge in [0.25, 0.3) is 0 Å². The minimum atomic E-state index is -0.785. The third-order valence-corrected chi connectivity index (χ3v) is 7.69. The first-order chi connectivity index (χ1) is 12.9. The number of unbranched alkanes of at least 4 members (excludes halogenated alkanes) is 2. The van der Waals surface area contributed by atoms with Crippen LogP contribution in [0, 0.1) is 13.8 Å². The van der Waals surface area contributed by atoms with Crippen molar-refractivity contribution in [3.63, 3.8) is 0 Å². The summed E-state index contributed by atoms with van der Waals surface area (Å²) in [5, 5.41) is 23.7. The van der Waals surface area contributed by atoms with E-state index in [0.29, 0.717) is 11.5 Å². The van der Waals surface area contributed by atoms with Crippen LogP contribution in [0.15, 0.2) is 24.3 Å². The van der Waals surface area contributed by atoms with Gasteiger partial charge in [-0.3, -0.25) is 0 Å². The van der Waals surface area contributed by atoms with Gasteiger partial charge in [0.1, 0.15) is 11.5 Å². The molecule has 0 aliphatic carbocycles. The summed E-state index contributed by atoms with van der Waals surface area (Å²) in [4.78, 5) is 0. The maximum Gasteiger partial charge on any atom is 0.126 e. The Hall–Kier alpha value is -1.53. The lowest BCUT2D eigenvalue weighted by atomic mass is 10.1. The molecule has 2 N–H and O–H groups in total. The van der Waals surface area contributed by atoms with Gasteiger partial charge in [-0.1, -0.05) is 45.7 Å². The first kappa shape index (κ1) is 21.8. The maximum absolute atomic E-state index is 10.8. The van der Waals surface area contributed by atoms with Crippen molar-refractivity contribution in [2.75, 3.05) is 6.16 Å². The molecule has 2 aromatic rings. The van der Waals surface area contributed by atoms with Crippen molar-refractivity contribution in [1.82, 2.24) is 0 Å². The normalized spacial score (nSPS) is 11.3. The number of hydrogen-bond acceptors (Lipinski definition) is 2. The van der Waals surface area contributed by atoms with Crippen molar-refractivity contribution in [2.24, 2.45) is 0 Å². The van der Waals surface area contributed by atoms with Crippen LogP contribution < -0.4 is 10.6 Å². The van der Waals surface area contributed by atoms with Crippen molar-refractivity contribution in [1.29, 1.82) is 0 Å². The Kier molecular flexibility index (Phi) is 8.17. The topological polar surface area (TPSA) is 40.5 Å². The highest BCUT2D eigenvalue weighted by Crippen LogP contribution is 2.42. The number of phenols is 2. The van der Waals surface area contributed by atoms with Crippen LogP contribution in [0.2, 0.25) is 0 Å². The summed E-state index contributed by atoms with van der Waals surface area (Å²) >= 11 is 0. The molecule has 0 aromatic heterocycles. The van der Waals surface area contributed by atoms with Gasteiger partial charge >= 0.3 is 0 Å². The molecule has 0 saturated carbocycles. The largest absolute Gasteiger partial charge is 0.507 e. The molecule has 0 aliphatic rings. The fourth-order valence-electron chi connectivity index (χ4n) is 3.60. The lowest BCUT2D eigenvalue weighted by Crippen LogP contribution is -2.17. The van der Waals surface area contributed by atoms with Crippen LogP contribution in [0.4, 0.5) is 0 Å². The predicted molar refractivity (Wildman–Crippen MR) is 120 cm³/mol. The van der Waals surface area contributed by atoms with Gasteiger partial charge < -0.3 is 10.2 Å². The minimum absolute atomic E-state index is 0.402. The second-order valence-corrected chi connectivity index (χ2v) is 9.96. The molecular formula is C24H35O2P. The Balaban J connectivity index is 2.53. The average Bonchev–Trinajstić information content (AvgIpc) is 2.65. The van der Waals surface area contributed by atoms with Crippen LogP contribution in [-0.2, 0) is 12.8 Å². The lowest BCUT2D eigenvalue weighted by Gasteiger charge is -2.23. The molecule has 0 saturated heterocycles. The Labute approximate surface area is 166 Å². The van der Waals surface area contributed by atoms with E-state index < -0.39 is 7.92 Å². The lowest BCUT2D eigenvalue weighted by molar-refractivity contribution is 0.474. The van der Waals surface area contributed by atoms with Gasteiger partial charge in [0.05, 0.1) is 0 Å². The predicted octanol–water partition coefficient (Wildman–Crippen LogP) is 5.85. The summed E-state index contributed by atoms with van der Waals surface area (Å²) in [6.07, 6.45) is 7.63. The second kappa shape index (κ2) is 10.1. The van der Waals surface area contributed by atoms with E-state index >= 15 is 0 Å². The van der Waals surface area contributed by atoms with E-state index in [0.717, 1.165) is 66.4 Å². The third-order valence-electron chi connectivity index (χ3n) is 5.22. The van der Waals surface area contributed by atoms with Gasteiger partial charge in [-0.05, 0) is 88.0 Å². The fourth-order valence-corrected chi connectivity index (χ4v) is 6.05. The highest BCUT2D eigenvalue weighted by Gasteiger charge is 2.22. The monoisotopic (exact) mass is 386 g/mol. The van der Waals surface area contributed by atoms with Crippen molar-refractivity contribution in [3.8, 4) is 11.5 Å². The molecule has 2 nitrogen and oxygen atoms in total. The van der Waals surface area contributed by atoms with Gasteiger partial charge in [0, 0.05) is 10.6 Å². The first-order valence-electron chi connectivity index (χ1n) is 10.3. The number of rotatable bonds is 9. The van der Waals surface area contributed by atoms with Gasteiger partial charge in [-0.25, -0.2) is 0 Å². The van der Waals surface area contributed by atoms with E-state index in [9.17, 15) is 10.2 Å². The Bertz CT molecular complexity index is 704. The Morgan fingerprint density at radius 3 is 1.44 bits per heavy atom. The number of aromatic hydroxyl groups is 2. The number of benzene rings is 2. The summed E-state index contributed by atoms with van der Waals surface area (Å²) in [5.41, 5.74) is 4.47. The van der Waals surface area contributed by atoms with E-state index in [4.69, 9.17) is 0 Å². The molecule has 0 bridgehead atoms. The Morgan fingerprint density at radius 1 is 0.704 bits per heavy atom. The fraction of sp³-hybridized carbons (Fsp3) is 0.500. The van der Waals surface area contributed by atoms with E-state index in [1.807, 2.05) is 13.8 Å². The van der Waals surface area contributed by atoms with Crippen molar-refractivity contribution in [2.45, 2.75) is 73.1 Å². The van der Waals surface area contributed by atoms with E-state index in [-0.39, 0.29) is 0 Å². The zero-order valence-electron chi connectivity index (χ0n) is 17.6. The molecule has 0 amide bonds. The van der Waals surface area contributed by atoms with Crippen molar-refractivity contribution < 1.29 is 10.2 Å². The van der Waals surface area contributed by atoms with E-state index in [1.54, 1.807) is 0 Å². The van der Waals surface area contributed by atoms with E-state index in [1.165, 1.54) is 11.1 Å². The Morgan fingerprint density at radius 2 is 1.11 bits per heavy atom. The zero-order chi connectivity index (χ0) is 20.0. The summed E-state index contributed by atoms with van der Waals surface area (Å²) in [7, 11) is -0.785. The summed E-state index contributed by atoms with van der Waals surface area (Å²) in [6.45, 7) is 10.5. The number of hydrogen-bond donors (Lipinski definition) is 2. The zero-order valence-corrected chi connectivity index (χ0v) is 18.5. The SMILES string of the molecule is CCCCc1cc(C)c(O)c(P(CC)c2cc(CCCC)cc(C)c2O)c1. The molecular weight excluding hydrogens is 351 g/mol. The average molecular weight is 387 g/mol. The maximum atomic E-state index is 10.8.